The van der Waals surface area contributed by atoms with Gasteiger partial charge >= 0.3 is 0 Å². The Labute approximate surface area is 219 Å². The van der Waals surface area contributed by atoms with Crippen LogP contribution in [-0.2, 0) is 13.1 Å². The van der Waals surface area contributed by atoms with E-state index in [2.05, 4.69) is 44.8 Å². The minimum Gasteiger partial charge on any atom is -0.486 e. The Morgan fingerprint density at radius 3 is 2.74 bits per heavy atom. The van der Waals surface area contributed by atoms with Gasteiger partial charge in [0.2, 0.25) is 0 Å². The smallest absolute Gasteiger partial charge is 0.275 e. The van der Waals surface area contributed by atoms with Crippen molar-refractivity contribution < 1.29 is 4.74 Å². The zero-order valence-corrected chi connectivity index (χ0v) is 21.9. The molecule has 10 heteroatoms. The molecule has 3 aliphatic rings. The van der Waals surface area contributed by atoms with Crippen molar-refractivity contribution >= 4 is 21.9 Å². The Morgan fingerprint density at radius 2 is 1.89 bits per heavy atom. The van der Waals surface area contributed by atoms with Gasteiger partial charge in [0.25, 0.3) is 11.1 Å². The van der Waals surface area contributed by atoms with Crippen molar-refractivity contribution in [1.29, 1.82) is 0 Å². The van der Waals surface area contributed by atoms with Gasteiger partial charge in [-0.1, -0.05) is 18.2 Å². The number of para-hydroxylation sites is 1. The van der Waals surface area contributed by atoms with E-state index in [9.17, 15) is 9.59 Å². The first-order valence-electron chi connectivity index (χ1n) is 13.5. The number of hydrogen-bond acceptors (Lipinski definition) is 7. The van der Waals surface area contributed by atoms with Crippen molar-refractivity contribution in [2.24, 2.45) is 0 Å². The topological polar surface area (TPSA) is 102 Å². The lowest BCUT2D eigenvalue weighted by Gasteiger charge is -2.33. The van der Waals surface area contributed by atoms with E-state index >= 15 is 0 Å². The van der Waals surface area contributed by atoms with E-state index in [-0.39, 0.29) is 22.9 Å². The van der Waals surface area contributed by atoms with Crippen LogP contribution in [0.15, 0.2) is 39.9 Å². The van der Waals surface area contributed by atoms with Gasteiger partial charge < -0.3 is 14.6 Å². The maximum absolute atomic E-state index is 13.3. The summed E-state index contributed by atoms with van der Waals surface area (Å²) in [6, 6.07) is 9.82. The van der Waals surface area contributed by atoms with Gasteiger partial charge in [-0.15, -0.1) is 0 Å². The molecule has 6 bridgehead atoms. The lowest BCUT2D eigenvalue weighted by atomic mass is 10.1. The molecule has 2 N–H and O–H groups in total. The van der Waals surface area contributed by atoms with Crippen LogP contribution in [0.1, 0.15) is 18.9 Å². The Bertz CT molecular complexity index is 1650. The number of piperazine rings is 1. The van der Waals surface area contributed by atoms with E-state index in [1.165, 1.54) is 0 Å². The van der Waals surface area contributed by atoms with Gasteiger partial charge in [-0.05, 0) is 26.1 Å². The van der Waals surface area contributed by atoms with E-state index in [1.807, 2.05) is 18.2 Å². The van der Waals surface area contributed by atoms with E-state index in [0.29, 0.717) is 40.1 Å². The van der Waals surface area contributed by atoms with E-state index in [4.69, 9.17) is 9.72 Å². The molecular formula is C28H33N7O3. The number of benzene rings is 2. The number of nitrogens with zero attached hydrogens (tertiary/aromatic N) is 5. The van der Waals surface area contributed by atoms with Crippen molar-refractivity contribution in [3.05, 3.63) is 56.6 Å². The SMILES string of the molecule is C[C@@H]1CC2CN1CCn1[nH]c3c(cccc3c1=O)-c1nc3c(c(CN4CCN(C)CC4)ccc3[nH]c1=O)O2. The maximum atomic E-state index is 13.3. The minimum absolute atomic E-state index is 0.000747. The fourth-order valence-corrected chi connectivity index (χ4v) is 6.23. The molecule has 0 aliphatic carbocycles. The van der Waals surface area contributed by atoms with Gasteiger partial charge in [-0.2, -0.15) is 0 Å². The molecule has 0 radical (unpaired) electrons. The first kappa shape index (κ1) is 23.6. The highest BCUT2D eigenvalue weighted by molar-refractivity contribution is 5.94. The van der Waals surface area contributed by atoms with Crippen LogP contribution in [0.4, 0.5) is 0 Å². The average Bonchev–Trinajstić information content (AvgIpc) is 3.43. The highest BCUT2D eigenvalue weighted by atomic mass is 16.5. The summed E-state index contributed by atoms with van der Waals surface area (Å²) in [5, 5.41) is 3.84. The van der Waals surface area contributed by atoms with Crippen LogP contribution in [-0.4, -0.2) is 92.9 Å². The van der Waals surface area contributed by atoms with Crippen LogP contribution in [0, 0.1) is 0 Å². The molecule has 3 atom stereocenters. The molecule has 0 amide bonds. The number of aromatic amines is 2. The second-order valence-corrected chi connectivity index (χ2v) is 11.1. The zero-order valence-electron chi connectivity index (χ0n) is 21.9. The predicted molar refractivity (Wildman–Crippen MR) is 147 cm³/mol. The summed E-state index contributed by atoms with van der Waals surface area (Å²) in [6.45, 7) is 9.12. The number of hydrogen-bond donors (Lipinski definition) is 2. The second kappa shape index (κ2) is 9.07. The van der Waals surface area contributed by atoms with Gasteiger partial charge in [0.15, 0.2) is 5.75 Å². The summed E-state index contributed by atoms with van der Waals surface area (Å²) in [5.41, 5.74) is 3.58. The zero-order chi connectivity index (χ0) is 26.0. The number of nitrogens with one attached hydrogen (secondary N) is 2. The number of likely N-dealkylation sites (N-methyl/N-ethyl adjacent to an activating group) is 1. The third kappa shape index (κ3) is 3.95. The molecule has 0 saturated carbocycles. The molecule has 2 aromatic heterocycles. The Balaban J connectivity index is 1.44. The van der Waals surface area contributed by atoms with Crippen LogP contribution < -0.4 is 15.9 Å². The highest BCUT2D eigenvalue weighted by Gasteiger charge is 2.32. The molecular weight excluding hydrogens is 482 g/mol. The van der Waals surface area contributed by atoms with Crippen molar-refractivity contribution in [2.45, 2.75) is 38.6 Å². The monoisotopic (exact) mass is 515 g/mol. The van der Waals surface area contributed by atoms with Gasteiger partial charge in [-0.3, -0.25) is 29.2 Å². The molecule has 38 heavy (non-hydrogen) atoms. The maximum Gasteiger partial charge on any atom is 0.275 e. The van der Waals surface area contributed by atoms with Crippen LogP contribution in [0.5, 0.6) is 5.75 Å². The number of ether oxygens (including phenoxy) is 1. The summed E-state index contributed by atoms with van der Waals surface area (Å²) in [6.07, 6.45) is 0.894. The van der Waals surface area contributed by atoms with Crippen LogP contribution in [0.25, 0.3) is 33.2 Å². The predicted octanol–water partition coefficient (Wildman–Crippen LogP) is 1.84. The lowest BCUT2D eigenvalue weighted by molar-refractivity contribution is 0.144. The Morgan fingerprint density at radius 1 is 1.05 bits per heavy atom. The Kier molecular flexibility index (Phi) is 5.64. The first-order chi connectivity index (χ1) is 18.4. The first-order valence-corrected chi connectivity index (χ1v) is 13.5. The molecule has 3 aliphatic heterocycles. The van der Waals surface area contributed by atoms with E-state index in [1.54, 1.807) is 10.7 Å². The molecule has 10 nitrogen and oxygen atoms in total. The lowest BCUT2D eigenvalue weighted by Crippen LogP contribution is -2.44. The number of fused-ring (bicyclic) bond motifs is 5. The molecule has 198 valence electrons. The van der Waals surface area contributed by atoms with E-state index < -0.39 is 0 Å². The Hall–Kier alpha value is -3.47. The van der Waals surface area contributed by atoms with Crippen LogP contribution in [0.3, 0.4) is 0 Å². The van der Waals surface area contributed by atoms with Crippen molar-refractivity contribution in [2.75, 3.05) is 46.3 Å². The van der Waals surface area contributed by atoms with Crippen LogP contribution >= 0.6 is 0 Å². The average molecular weight is 516 g/mol. The summed E-state index contributed by atoms with van der Waals surface area (Å²) in [7, 11) is 2.16. The number of aromatic nitrogens is 4. The third-order valence-corrected chi connectivity index (χ3v) is 8.49. The molecule has 2 saturated heterocycles. The molecule has 0 spiro atoms. The number of H-pyrrole nitrogens is 2. The van der Waals surface area contributed by atoms with Crippen molar-refractivity contribution in [3.63, 3.8) is 0 Å². The number of rotatable bonds is 2. The third-order valence-electron chi connectivity index (χ3n) is 8.49. The standard InChI is InChI=1S/C28H33N7O3/c1-17-14-19-16-34(17)12-13-35-28(37)21-5-3-4-20(23(21)31-35)24-27(36)29-22-7-6-18(26(38-19)25(22)30-24)15-33-10-8-32(2)9-11-33/h3-7,17,19,31H,8-16H2,1-2H3,(H,29,36)/t17-,19?/m1/s1. The fraction of sp³-hybridized carbons (Fsp3) is 0.464. The minimum atomic E-state index is -0.288. The highest BCUT2D eigenvalue weighted by Crippen LogP contribution is 2.34. The normalized spacial score (nSPS) is 24.3. The molecule has 4 aromatic rings. The molecule has 5 heterocycles. The van der Waals surface area contributed by atoms with Gasteiger partial charge in [0.1, 0.15) is 17.3 Å². The van der Waals surface area contributed by atoms with Gasteiger partial charge in [0.05, 0.1) is 23.0 Å². The van der Waals surface area contributed by atoms with Crippen molar-refractivity contribution in [1.82, 2.24) is 34.4 Å². The van der Waals surface area contributed by atoms with E-state index in [0.717, 1.165) is 63.5 Å². The summed E-state index contributed by atoms with van der Waals surface area (Å²) >= 11 is 0. The van der Waals surface area contributed by atoms with Crippen LogP contribution in [0.2, 0.25) is 0 Å². The largest absolute Gasteiger partial charge is 0.486 e. The van der Waals surface area contributed by atoms with Gasteiger partial charge in [-0.25, -0.2) is 4.98 Å². The molecule has 7 rings (SSSR count). The molecule has 2 unspecified atom stereocenters. The fourth-order valence-electron chi connectivity index (χ4n) is 6.23. The molecule has 2 fully saturated rings. The summed E-state index contributed by atoms with van der Waals surface area (Å²) in [4.78, 5) is 41.7. The van der Waals surface area contributed by atoms with Crippen molar-refractivity contribution in [3.8, 4) is 17.0 Å². The van der Waals surface area contributed by atoms with Gasteiger partial charge in [0, 0.05) is 69.4 Å². The quantitative estimate of drug-likeness (QED) is 0.420. The molecule has 2 aromatic carbocycles. The summed E-state index contributed by atoms with van der Waals surface area (Å²) < 4.78 is 8.46. The summed E-state index contributed by atoms with van der Waals surface area (Å²) in [5.74, 6) is 0.758. The second-order valence-electron chi connectivity index (χ2n) is 11.1.